The summed E-state index contributed by atoms with van der Waals surface area (Å²) in [7, 11) is 0. The molecule has 2 aromatic carbocycles. The van der Waals surface area contributed by atoms with Gasteiger partial charge in [-0.1, -0.05) is 0 Å². The Hall–Kier alpha value is -3.95. The van der Waals surface area contributed by atoms with Gasteiger partial charge in [0.15, 0.2) is 11.5 Å². The molecule has 0 spiro atoms. The molecule has 0 radical (unpaired) electrons. The van der Waals surface area contributed by atoms with Crippen LogP contribution in [0.2, 0.25) is 0 Å². The monoisotopic (exact) mass is 343 g/mol. The largest absolute Gasteiger partial charge is 0.502 e. The lowest BCUT2D eigenvalue weighted by atomic mass is 10.1. The summed E-state index contributed by atoms with van der Waals surface area (Å²) >= 11 is 0. The number of phenols is 1. The molecular formula is C15H9N3O7. The number of benzene rings is 2. The lowest BCUT2D eigenvalue weighted by Crippen LogP contribution is -2.27. The average molecular weight is 343 g/mol. The fourth-order valence-electron chi connectivity index (χ4n) is 2.27. The van der Waals surface area contributed by atoms with E-state index in [4.69, 9.17) is 4.74 Å². The molecule has 1 N–H and O–H groups in total. The van der Waals surface area contributed by atoms with Crippen LogP contribution in [0.4, 0.5) is 17.1 Å². The third-order valence-electron chi connectivity index (χ3n) is 3.46. The number of carbonyl (C=O) groups is 1. The number of ether oxygens (including phenoxy) is 1. The van der Waals surface area contributed by atoms with Crippen molar-refractivity contribution in [2.75, 3.05) is 4.90 Å². The summed E-state index contributed by atoms with van der Waals surface area (Å²) in [6.07, 6.45) is 2.45. The molecule has 1 aliphatic rings. The van der Waals surface area contributed by atoms with E-state index < -0.39 is 27.2 Å². The second kappa shape index (κ2) is 5.92. The van der Waals surface area contributed by atoms with Crippen molar-refractivity contribution >= 4 is 23.0 Å². The molecule has 0 fully saturated rings. The van der Waals surface area contributed by atoms with Crippen LogP contribution in [-0.4, -0.2) is 20.9 Å². The summed E-state index contributed by atoms with van der Waals surface area (Å²) in [4.78, 5) is 34.1. The lowest BCUT2D eigenvalue weighted by Gasteiger charge is -2.24. The molecule has 25 heavy (non-hydrogen) atoms. The van der Waals surface area contributed by atoms with Crippen molar-refractivity contribution in [3.05, 3.63) is 74.7 Å². The van der Waals surface area contributed by atoms with E-state index in [0.29, 0.717) is 0 Å². The molecule has 1 heterocycles. The Balaban J connectivity index is 2.04. The highest BCUT2D eigenvalue weighted by Gasteiger charge is 2.26. The molecule has 1 amide bonds. The number of hydrogen-bond donors (Lipinski definition) is 1. The predicted molar refractivity (Wildman–Crippen MR) is 84.4 cm³/mol. The first-order valence-electron chi connectivity index (χ1n) is 6.81. The summed E-state index contributed by atoms with van der Waals surface area (Å²) < 4.78 is 5.21. The van der Waals surface area contributed by atoms with Crippen LogP contribution in [0.5, 0.6) is 11.5 Å². The third kappa shape index (κ3) is 2.83. The number of carbonyl (C=O) groups excluding carboxylic acids is 1. The summed E-state index contributed by atoms with van der Waals surface area (Å²) in [6.45, 7) is 0. The van der Waals surface area contributed by atoms with E-state index in [0.717, 1.165) is 23.1 Å². The van der Waals surface area contributed by atoms with Crippen LogP contribution in [0.15, 0.2) is 48.9 Å². The minimum Gasteiger partial charge on any atom is -0.502 e. The molecule has 3 rings (SSSR count). The first kappa shape index (κ1) is 15.9. The number of non-ortho nitro benzene ring substituents is 1. The molecule has 2 aromatic rings. The Bertz CT molecular complexity index is 939. The maximum atomic E-state index is 12.7. The van der Waals surface area contributed by atoms with Crippen LogP contribution >= 0.6 is 0 Å². The fourth-order valence-corrected chi connectivity index (χ4v) is 2.27. The maximum absolute atomic E-state index is 12.7. The van der Waals surface area contributed by atoms with Gasteiger partial charge in [0.1, 0.15) is 6.26 Å². The molecule has 0 atom stereocenters. The lowest BCUT2D eigenvalue weighted by molar-refractivity contribution is -0.385. The molecule has 10 nitrogen and oxygen atoms in total. The Kier molecular flexibility index (Phi) is 3.77. The Morgan fingerprint density at radius 2 is 1.84 bits per heavy atom. The zero-order chi connectivity index (χ0) is 18.1. The van der Waals surface area contributed by atoms with E-state index in [1.54, 1.807) is 0 Å². The van der Waals surface area contributed by atoms with Gasteiger partial charge in [0, 0.05) is 30.0 Å². The zero-order valence-electron chi connectivity index (χ0n) is 12.4. The molecule has 1 aliphatic heterocycles. The average Bonchev–Trinajstić information content (AvgIpc) is 2.60. The number of nitrogens with zero attached hydrogens (tertiary/aromatic N) is 3. The number of hydrogen-bond acceptors (Lipinski definition) is 7. The van der Waals surface area contributed by atoms with Gasteiger partial charge in [-0.25, -0.2) is 0 Å². The van der Waals surface area contributed by atoms with Gasteiger partial charge in [-0.05, 0) is 18.2 Å². The van der Waals surface area contributed by atoms with Crippen LogP contribution in [-0.2, 0) is 0 Å². The van der Waals surface area contributed by atoms with Gasteiger partial charge in [-0.15, -0.1) is 0 Å². The van der Waals surface area contributed by atoms with Crippen molar-refractivity contribution in [3.63, 3.8) is 0 Å². The van der Waals surface area contributed by atoms with Gasteiger partial charge >= 0.3 is 5.69 Å². The van der Waals surface area contributed by atoms with Crippen LogP contribution in [0.3, 0.4) is 0 Å². The number of anilines is 1. The quantitative estimate of drug-likeness (QED) is 0.668. The summed E-state index contributed by atoms with van der Waals surface area (Å²) in [5.74, 6) is -1.03. The highest BCUT2D eigenvalue weighted by Crippen LogP contribution is 2.36. The zero-order valence-corrected chi connectivity index (χ0v) is 12.4. The third-order valence-corrected chi connectivity index (χ3v) is 3.46. The molecule has 0 aliphatic carbocycles. The summed E-state index contributed by atoms with van der Waals surface area (Å²) in [5.41, 5.74) is -0.819. The van der Waals surface area contributed by atoms with Gasteiger partial charge in [-0.3, -0.25) is 29.9 Å². The topological polar surface area (TPSA) is 136 Å². The highest BCUT2D eigenvalue weighted by molar-refractivity contribution is 6.09. The molecule has 0 bridgehead atoms. The summed E-state index contributed by atoms with van der Waals surface area (Å²) in [5, 5.41) is 31.3. The molecule has 0 saturated carbocycles. The highest BCUT2D eigenvalue weighted by atomic mass is 16.6. The molecule has 0 saturated heterocycles. The number of nitro groups is 2. The van der Waals surface area contributed by atoms with Crippen molar-refractivity contribution in [3.8, 4) is 11.5 Å². The van der Waals surface area contributed by atoms with E-state index in [2.05, 4.69) is 0 Å². The number of amides is 1. The van der Waals surface area contributed by atoms with E-state index in [1.165, 1.54) is 30.7 Å². The van der Waals surface area contributed by atoms with Crippen LogP contribution in [0.25, 0.3) is 0 Å². The molecule has 0 unspecified atom stereocenters. The standard InChI is InChI=1S/C15H9N3O7/c19-13-3-1-9(7-11(13)18(23)24)15(20)16-5-6-25-14-4-2-10(17(21)22)8-12(14)16/h1-8,19H. The Morgan fingerprint density at radius 1 is 1.08 bits per heavy atom. The SMILES string of the molecule is O=C(c1ccc(O)c([N+](=O)[O-])c1)N1C=COc2ccc([N+](=O)[O-])cc21. The smallest absolute Gasteiger partial charge is 0.311 e. The van der Waals surface area contributed by atoms with Crippen molar-refractivity contribution in [1.82, 2.24) is 0 Å². The maximum Gasteiger partial charge on any atom is 0.311 e. The minimum atomic E-state index is -0.819. The molecular weight excluding hydrogens is 334 g/mol. The van der Waals surface area contributed by atoms with Gasteiger partial charge in [0.25, 0.3) is 11.6 Å². The molecule has 126 valence electrons. The predicted octanol–water partition coefficient (Wildman–Crippen LogP) is 2.72. The van der Waals surface area contributed by atoms with E-state index >= 15 is 0 Å². The summed E-state index contributed by atoms with van der Waals surface area (Å²) in [6, 6.07) is 6.90. The number of rotatable bonds is 3. The van der Waals surface area contributed by atoms with Gasteiger partial charge < -0.3 is 9.84 Å². The molecule has 0 aromatic heterocycles. The van der Waals surface area contributed by atoms with Crippen molar-refractivity contribution < 1.29 is 24.5 Å². The number of nitro benzene ring substituents is 2. The van der Waals surface area contributed by atoms with Crippen molar-refractivity contribution in [1.29, 1.82) is 0 Å². The Morgan fingerprint density at radius 3 is 2.52 bits per heavy atom. The second-order valence-electron chi connectivity index (χ2n) is 4.95. The van der Waals surface area contributed by atoms with Crippen molar-refractivity contribution in [2.45, 2.75) is 0 Å². The van der Waals surface area contributed by atoms with E-state index in [-0.39, 0.29) is 22.7 Å². The van der Waals surface area contributed by atoms with Crippen LogP contribution in [0, 0.1) is 20.2 Å². The number of aromatic hydroxyl groups is 1. The normalized spacial score (nSPS) is 12.2. The second-order valence-corrected chi connectivity index (χ2v) is 4.95. The van der Waals surface area contributed by atoms with Gasteiger partial charge in [-0.2, -0.15) is 0 Å². The Labute approximate surface area is 139 Å². The number of phenolic OH excluding ortho intramolecular Hbond substituents is 1. The van der Waals surface area contributed by atoms with Gasteiger partial charge in [0.2, 0.25) is 0 Å². The van der Waals surface area contributed by atoms with Crippen LogP contribution < -0.4 is 9.64 Å². The van der Waals surface area contributed by atoms with Crippen LogP contribution in [0.1, 0.15) is 10.4 Å². The first-order valence-corrected chi connectivity index (χ1v) is 6.81. The van der Waals surface area contributed by atoms with Crippen molar-refractivity contribution in [2.24, 2.45) is 0 Å². The van der Waals surface area contributed by atoms with E-state index in [9.17, 15) is 30.1 Å². The molecule has 10 heteroatoms. The van der Waals surface area contributed by atoms with Gasteiger partial charge in [0.05, 0.1) is 15.5 Å². The number of fused-ring (bicyclic) bond motifs is 1. The minimum absolute atomic E-state index is 0.0755. The van der Waals surface area contributed by atoms with E-state index in [1.807, 2.05) is 0 Å². The fraction of sp³-hybridized carbons (Fsp3) is 0. The first-order chi connectivity index (χ1) is 11.9.